The van der Waals surface area contributed by atoms with Gasteiger partial charge in [-0.2, -0.15) is 0 Å². The van der Waals surface area contributed by atoms with Crippen molar-refractivity contribution < 1.29 is 8.42 Å². The third-order valence-electron chi connectivity index (χ3n) is 2.03. The Hall–Kier alpha value is -0.850. The van der Waals surface area contributed by atoms with Crippen LogP contribution in [-0.2, 0) is 10.0 Å². The third-order valence-corrected chi connectivity index (χ3v) is 4.43. The summed E-state index contributed by atoms with van der Waals surface area (Å²) in [5.74, 6) is 0. The minimum Gasteiger partial charge on any atom is -0.399 e. The van der Waals surface area contributed by atoms with E-state index in [2.05, 4.69) is 20.7 Å². The number of nitrogen functional groups attached to an aromatic ring is 1. The molecule has 0 unspecified atom stereocenters. The highest BCUT2D eigenvalue weighted by molar-refractivity contribution is 9.10. The second-order valence-electron chi connectivity index (χ2n) is 3.82. The number of nitrogens with one attached hydrogen (secondary N) is 1. The molecule has 0 radical (unpaired) electrons. The third kappa shape index (κ3) is 4.14. The van der Waals surface area contributed by atoms with Gasteiger partial charge in [-0.05, 0) is 48.0 Å². The van der Waals surface area contributed by atoms with Crippen LogP contribution in [0.4, 0.5) is 5.69 Å². The number of sulfonamides is 1. The van der Waals surface area contributed by atoms with Crippen LogP contribution in [0.25, 0.3) is 0 Å². The lowest BCUT2D eigenvalue weighted by Crippen LogP contribution is -2.24. The molecule has 0 fully saturated rings. The summed E-state index contributed by atoms with van der Waals surface area (Å²) in [6.07, 6.45) is 1.81. The average Bonchev–Trinajstić information content (AvgIpc) is 2.15. The Morgan fingerprint density at radius 1 is 1.47 bits per heavy atom. The van der Waals surface area contributed by atoms with Crippen molar-refractivity contribution in [2.24, 2.45) is 0 Å². The van der Waals surface area contributed by atoms with Crippen LogP contribution in [0, 0.1) is 0 Å². The van der Waals surface area contributed by atoms with E-state index in [0.29, 0.717) is 10.2 Å². The lowest BCUT2D eigenvalue weighted by molar-refractivity contribution is 0.585. The van der Waals surface area contributed by atoms with Crippen LogP contribution < -0.4 is 10.5 Å². The molecular weight excluding hydrogens is 304 g/mol. The van der Waals surface area contributed by atoms with E-state index in [9.17, 15) is 8.42 Å². The first-order chi connectivity index (χ1) is 7.83. The van der Waals surface area contributed by atoms with Crippen molar-refractivity contribution in [1.82, 2.24) is 4.72 Å². The highest BCUT2D eigenvalue weighted by Gasteiger charge is 2.16. The number of allylic oxidation sites excluding steroid dienone is 1. The van der Waals surface area contributed by atoms with E-state index >= 15 is 0 Å². The maximum atomic E-state index is 11.9. The molecule has 3 N–H and O–H groups in total. The maximum absolute atomic E-state index is 11.9. The van der Waals surface area contributed by atoms with Gasteiger partial charge in [0.15, 0.2) is 0 Å². The number of rotatable bonds is 4. The monoisotopic (exact) mass is 318 g/mol. The smallest absolute Gasteiger partial charge is 0.241 e. The van der Waals surface area contributed by atoms with Crippen LogP contribution in [0.5, 0.6) is 0 Å². The van der Waals surface area contributed by atoms with E-state index in [1.807, 2.05) is 19.9 Å². The first-order valence-electron chi connectivity index (χ1n) is 5.01. The van der Waals surface area contributed by atoms with Gasteiger partial charge in [0.05, 0.1) is 4.90 Å². The van der Waals surface area contributed by atoms with Crippen molar-refractivity contribution >= 4 is 31.6 Å². The summed E-state index contributed by atoms with van der Waals surface area (Å²) in [5.41, 5.74) is 7.13. The van der Waals surface area contributed by atoms with E-state index in [1.165, 1.54) is 6.07 Å². The molecule has 1 aromatic carbocycles. The van der Waals surface area contributed by atoms with Crippen LogP contribution in [0.1, 0.15) is 13.8 Å². The summed E-state index contributed by atoms with van der Waals surface area (Å²) in [4.78, 5) is 0.189. The summed E-state index contributed by atoms with van der Waals surface area (Å²) in [5, 5.41) is 0. The zero-order chi connectivity index (χ0) is 13.1. The molecule has 4 nitrogen and oxygen atoms in total. The molecule has 0 heterocycles. The van der Waals surface area contributed by atoms with Gasteiger partial charge in [0.25, 0.3) is 0 Å². The molecule has 0 bridgehead atoms. The zero-order valence-electron chi connectivity index (χ0n) is 9.70. The largest absolute Gasteiger partial charge is 0.399 e. The number of hydrogen-bond donors (Lipinski definition) is 2. The van der Waals surface area contributed by atoms with Gasteiger partial charge in [-0.3, -0.25) is 0 Å². The molecule has 1 rings (SSSR count). The summed E-state index contributed by atoms with van der Waals surface area (Å²) in [7, 11) is -3.50. The minimum atomic E-state index is -3.50. The standard InChI is InChI=1S/C11H15BrN2O2S/c1-8(2)5-6-14-17(15,16)11-4-3-9(13)7-10(11)12/h3-5,7,14H,6,13H2,1-2H3. The summed E-state index contributed by atoms with van der Waals surface area (Å²) >= 11 is 3.19. The molecule has 6 heteroatoms. The van der Waals surface area contributed by atoms with Crippen LogP contribution in [0.2, 0.25) is 0 Å². The summed E-state index contributed by atoms with van der Waals surface area (Å²) < 4.78 is 26.8. The molecule has 94 valence electrons. The van der Waals surface area contributed by atoms with Crippen LogP contribution in [0.3, 0.4) is 0 Å². The van der Waals surface area contributed by atoms with E-state index < -0.39 is 10.0 Å². The predicted octanol–water partition coefficient (Wildman–Crippen LogP) is 2.28. The molecule has 0 aliphatic heterocycles. The van der Waals surface area contributed by atoms with Crippen molar-refractivity contribution in [3.05, 3.63) is 34.3 Å². The average molecular weight is 319 g/mol. The van der Waals surface area contributed by atoms with Crippen LogP contribution >= 0.6 is 15.9 Å². The molecule has 0 saturated carbocycles. The van der Waals surface area contributed by atoms with Crippen LogP contribution in [-0.4, -0.2) is 15.0 Å². The molecule has 0 aliphatic rings. The lowest BCUT2D eigenvalue weighted by Gasteiger charge is -2.07. The second-order valence-corrected chi connectivity index (χ2v) is 6.41. The fourth-order valence-corrected chi connectivity index (χ4v) is 3.23. The minimum absolute atomic E-state index is 0.189. The molecule has 0 spiro atoms. The highest BCUT2D eigenvalue weighted by atomic mass is 79.9. The van der Waals surface area contributed by atoms with Gasteiger partial charge in [-0.15, -0.1) is 0 Å². The molecular formula is C11H15BrN2O2S. The van der Waals surface area contributed by atoms with Crippen molar-refractivity contribution in [2.45, 2.75) is 18.7 Å². The van der Waals surface area contributed by atoms with Crippen molar-refractivity contribution in [1.29, 1.82) is 0 Å². The molecule has 0 aromatic heterocycles. The van der Waals surface area contributed by atoms with Gasteiger partial charge < -0.3 is 5.73 Å². The molecule has 0 saturated heterocycles. The van der Waals surface area contributed by atoms with Gasteiger partial charge in [-0.1, -0.05) is 11.6 Å². The van der Waals surface area contributed by atoms with Gasteiger partial charge in [-0.25, -0.2) is 13.1 Å². The Labute approximate surface area is 110 Å². The topological polar surface area (TPSA) is 72.2 Å². The quantitative estimate of drug-likeness (QED) is 0.660. The van der Waals surface area contributed by atoms with Gasteiger partial charge in [0.1, 0.15) is 0 Å². The van der Waals surface area contributed by atoms with E-state index in [0.717, 1.165) is 5.57 Å². The van der Waals surface area contributed by atoms with Crippen molar-refractivity contribution in [3.63, 3.8) is 0 Å². The second kappa shape index (κ2) is 5.66. The lowest BCUT2D eigenvalue weighted by atomic mass is 10.3. The fourth-order valence-electron chi connectivity index (χ4n) is 1.17. The van der Waals surface area contributed by atoms with Crippen LogP contribution in [0.15, 0.2) is 39.2 Å². The summed E-state index contributed by atoms with van der Waals surface area (Å²) in [6, 6.07) is 4.60. The normalized spacial score (nSPS) is 11.2. The number of benzene rings is 1. The Morgan fingerprint density at radius 2 is 2.12 bits per heavy atom. The first-order valence-corrected chi connectivity index (χ1v) is 7.28. The van der Waals surface area contributed by atoms with E-state index in [-0.39, 0.29) is 11.4 Å². The predicted molar refractivity (Wildman–Crippen MR) is 73.2 cm³/mol. The fraction of sp³-hybridized carbons (Fsp3) is 0.273. The van der Waals surface area contributed by atoms with E-state index in [1.54, 1.807) is 12.1 Å². The maximum Gasteiger partial charge on any atom is 0.241 e. The highest BCUT2D eigenvalue weighted by Crippen LogP contribution is 2.23. The molecule has 0 amide bonds. The SMILES string of the molecule is CC(C)=CCNS(=O)(=O)c1ccc(N)cc1Br. The Balaban J connectivity index is 2.94. The Morgan fingerprint density at radius 3 is 2.65 bits per heavy atom. The van der Waals surface area contributed by atoms with Gasteiger partial charge in [0, 0.05) is 16.7 Å². The zero-order valence-corrected chi connectivity index (χ0v) is 12.1. The van der Waals surface area contributed by atoms with Gasteiger partial charge >= 0.3 is 0 Å². The number of nitrogens with two attached hydrogens (primary N) is 1. The molecule has 0 aliphatic carbocycles. The Bertz CT molecular complexity index is 534. The molecule has 1 aromatic rings. The Kier molecular flexibility index (Phi) is 4.73. The first kappa shape index (κ1) is 14.2. The van der Waals surface area contributed by atoms with E-state index in [4.69, 9.17) is 5.73 Å². The summed E-state index contributed by atoms with van der Waals surface area (Å²) in [6.45, 7) is 4.10. The number of anilines is 1. The molecule has 0 atom stereocenters. The van der Waals surface area contributed by atoms with Crippen molar-refractivity contribution in [3.8, 4) is 0 Å². The number of halogens is 1. The van der Waals surface area contributed by atoms with Crippen molar-refractivity contribution in [2.75, 3.05) is 12.3 Å². The molecule has 17 heavy (non-hydrogen) atoms. The van der Waals surface area contributed by atoms with Gasteiger partial charge in [0.2, 0.25) is 10.0 Å². The number of hydrogen-bond acceptors (Lipinski definition) is 3.